The van der Waals surface area contributed by atoms with Crippen LogP contribution >= 0.6 is 0 Å². The maximum atomic E-state index is 13.1. The molecule has 0 spiro atoms. The average molecular weight is 455 g/mol. The van der Waals surface area contributed by atoms with Gasteiger partial charge in [0.15, 0.2) is 0 Å². The van der Waals surface area contributed by atoms with Crippen LogP contribution in [0.3, 0.4) is 0 Å². The van der Waals surface area contributed by atoms with Crippen LogP contribution in [0.25, 0.3) is 0 Å². The minimum Gasteiger partial charge on any atom is -0.492 e. The van der Waals surface area contributed by atoms with Crippen molar-refractivity contribution in [1.82, 2.24) is 29.7 Å². The van der Waals surface area contributed by atoms with E-state index in [0.29, 0.717) is 12.6 Å². The van der Waals surface area contributed by atoms with Gasteiger partial charge < -0.3 is 19.5 Å². The lowest BCUT2D eigenvalue weighted by molar-refractivity contribution is -0.127. The van der Waals surface area contributed by atoms with E-state index in [4.69, 9.17) is 4.74 Å². The summed E-state index contributed by atoms with van der Waals surface area (Å²) in [6.45, 7) is 6.85. The third kappa shape index (κ3) is 6.54. The minimum absolute atomic E-state index is 0.0370. The van der Waals surface area contributed by atoms with Gasteiger partial charge in [0.05, 0.1) is 25.3 Å². The molecule has 0 radical (unpaired) electrons. The first kappa shape index (κ1) is 23.7. The van der Waals surface area contributed by atoms with E-state index < -0.39 is 0 Å². The third-order valence-corrected chi connectivity index (χ3v) is 7.09. The number of rotatable bonds is 9. The Morgan fingerprint density at radius 2 is 2.12 bits per heavy atom. The van der Waals surface area contributed by atoms with Crippen LogP contribution in [0.2, 0.25) is 0 Å². The van der Waals surface area contributed by atoms with Crippen LogP contribution < -0.4 is 10.1 Å². The number of hydrogen-bond donors (Lipinski definition) is 1. The normalized spacial score (nSPS) is 24.2. The summed E-state index contributed by atoms with van der Waals surface area (Å²) in [6, 6.07) is 4.52. The van der Waals surface area contributed by atoms with Crippen molar-refractivity contribution in [1.29, 1.82) is 0 Å². The van der Waals surface area contributed by atoms with Crippen molar-refractivity contribution in [3.05, 3.63) is 42.2 Å². The Hall–Kier alpha value is -2.45. The monoisotopic (exact) mass is 454 g/mol. The van der Waals surface area contributed by atoms with E-state index in [1.54, 1.807) is 6.20 Å². The fourth-order valence-corrected chi connectivity index (χ4v) is 5.10. The molecular weight excluding hydrogens is 416 g/mol. The van der Waals surface area contributed by atoms with Gasteiger partial charge in [0.2, 0.25) is 5.91 Å². The van der Waals surface area contributed by atoms with Gasteiger partial charge in [-0.3, -0.25) is 14.7 Å². The number of piperidine rings is 1. The highest BCUT2D eigenvalue weighted by atomic mass is 16.5. The minimum atomic E-state index is -0.0370. The topological polar surface area (TPSA) is 75.5 Å². The largest absolute Gasteiger partial charge is 0.492 e. The van der Waals surface area contributed by atoms with Crippen LogP contribution in [0, 0.1) is 18.8 Å². The fraction of sp³-hybridized carbons (Fsp3) is 0.640. The molecule has 4 heterocycles. The molecule has 2 aliphatic heterocycles. The van der Waals surface area contributed by atoms with E-state index in [0.717, 1.165) is 56.3 Å². The number of carbonyl (C=O) groups excluding carboxylic acids is 1. The number of likely N-dealkylation sites (tertiary alicyclic amines) is 2. The summed E-state index contributed by atoms with van der Waals surface area (Å²) in [4.78, 5) is 26.7. The number of aryl methyl sites for hydroxylation is 2. The third-order valence-electron chi connectivity index (χ3n) is 7.09. The second kappa shape index (κ2) is 11.1. The van der Waals surface area contributed by atoms with Crippen molar-refractivity contribution in [3.8, 4) is 5.75 Å². The molecule has 180 valence electrons. The molecular formula is C25H38N6O2. The molecule has 0 saturated carbocycles. The van der Waals surface area contributed by atoms with Crippen LogP contribution in [-0.2, 0) is 18.4 Å². The zero-order valence-corrected chi connectivity index (χ0v) is 20.2. The van der Waals surface area contributed by atoms with Crippen molar-refractivity contribution in [2.45, 2.75) is 45.2 Å². The maximum absolute atomic E-state index is 13.1. The van der Waals surface area contributed by atoms with E-state index in [2.05, 4.69) is 32.1 Å². The van der Waals surface area contributed by atoms with Crippen molar-refractivity contribution >= 4 is 5.91 Å². The summed E-state index contributed by atoms with van der Waals surface area (Å²) in [5, 5.41) is 3.23. The van der Waals surface area contributed by atoms with Gasteiger partial charge in [-0.05, 0) is 58.3 Å². The van der Waals surface area contributed by atoms with Crippen LogP contribution in [0.15, 0.2) is 30.7 Å². The molecule has 2 aromatic heterocycles. The van der Waals surface area contributed by atoms with Gasteiger partial charge in [-0.25, -0.2) is 4.98 Å². The molecule has 2 aliphatic rings. The molecule has 1 N–H and O–H groups in total. The molecule has 3 atom stereocenters. The Morgan fingerprint density at radius 1 is 1.24 bits per heavy atom. The molecule has 0 bridgehead atoms. The summed E-state index contributed by atoms with van der Waals surface area (Å²) < 4.78 is 8.10. The Balaban J connectivity index is 1.34. The maximum Gasteiger partial charge on any atom is 0.224 e. The Kier molecular flexibility index (Phi) is 7.98. The van der Waals surface area contributed by atoms with Gasteiger partial charge in [0.25, 0.3) is 0 Å². The number of aromatic nitrogens is 3. The summed E-state index contributed by atoms with van der Waals surface area (Å²) in [5.74, 6) is 2.20. The second-order valence-electron chi connectivity index (χ2n) is 9.75. The molecule has 1 amide bonds. The van der Waals surface area contributed by atoms with E-state index in [-0.39, 0.29) is 17.7 Å². The van der Waals surface area contributed by atoms with Gasteiger partial charge in [-0.1, -0.05) is 0 Å². The molecule has 2 aromatic rings. The van der Waals surface area contributed by atoms with Crippen LogP contribution in [0.1, 0.15) is 37.2 Å². The molecule has 8 nitrogen and oxygen atoms in total. The van der Waals surface area contributed by atoms with Crippen molar-refractivity contribution < 1.29 is 9.53 Å². The number of pyridine rings is 1. The van der Waals surface area contributed by atoms with Crippen molar-refractivity contribution in [2.24, 2.45) is 18.9 Å². The quantitative estimate of drug-likeness (QED) is 0.626. The Morgan fingerprint density at radius 3 is 2.82 bits per heavy atom. The van der Waals surface area contributed by atoms with E-state index in [1.165, 1.54) is 19.4 Å². The lowest BCUT2D eigenvalue weighted by Crippen LogP contribution is -2.48. The first-order valence-electron chi connectivity index (χ1n) is 12.2. The summed E-state index contributed by atoms with van der Waals surface area (Å²) in [6.07, 6.45) is 9.93. The van der Waals surface area contributed by atoms with Crippen LogP contribution in [0.4, 0.5) is 0 Å². The Labute approximate surface area is 197 Å². The Bertz CT molecular complexity index is 899. The molecule has 2 fully saturated rings. The molecule has 8 heteroatoms. The first-order valence-corrected chi connectivity index (χ1v) is 12.2. The van der Waals surface area contributed by atoms with Gasteiger partial charge in [-0.15, -0.1) is 0 Å². The molecule has 2 saturated heterocycles. The highest BCUT2D eigenvalue weighted by Crippen LogP contribution is 2.25. The van der Waals surface area contributed by atoms with Gasteiger partial charge in [0, 0.05) is 56.7 Å². The molecule has 4 rings (SSSR count). The second-order valence-corrected chi connectivity index (χ2v) is 9.75. The number of imidazole rings is 1. The number of carbonyl (C=O) groups is 1. The average Bonchev–Trinajstić information content (AvgIpc) is 3.41. The van der Waals surface area contributed by atoms with Gasteiger partial charge in [0.1, 0.15) is 11.6 Å². The zero-order chi connectivity index (χ0) is 23.2. The number of nitrogens with one attached hydrogen (secondary N) is 1. The number of nitrogens with zero attached hydrogens (tertiary/aromatic N) is 5. The van der Waals surface area contributed by atoms with E-state index >= 15 is 0 Å². The lowest BCUT2D eigenvalue weighted by atomic mass is 9.88. The predicted octanol–water partition coefficient (Wildman–Crippen LogP) is 2.24. The zero-order valence-electron chi connectivity index (χ0n) is 20.2. The summed E-state index contributed by atoms with van der Waals surface area (Å²) in [5.41, 5.74) is 0.974. The number of amides is 1. The van der Waals surface area contributed by atoms with Gasteiger partial charge in [-0.2, -0.15) is 0 Å². The number of ether oxygens (including phenoxy) is 1. The summed E-state index contributed by atoms with van der Waals surface area (Å²) >= 11 is 0. The van der Waals surface area contributed by atoms with Crippen LogP contribution in [0.5, 0.6) is 5.75 Å². The molecule has 0 unspecified atom stereocenters. The van der Waals surface area contributed by atoms with Crippen molar-refractivity contribution in [3.63, 3.8) is 0 Å². The molecule has 33 heavy (non-hydrogen) atoms. The standard InChI is InChI=1S/C25H38N6O2/c1-19-6-7-23(14-28-19)33-18-20-13-21(16-31(15-20)17-24-26-10-12-30(24)3)25(32)27-9-8-22-5-4-11-29(22)2/h6-7,10,12,14,20-22H,4-5,8-9,11,13,15-18H2,1-3H3,(H,27,32)/t20-,21+,22-/m0/s1. The number of hydrogen-bond acceptors (Lipinski definition) is 6. The molecule has 0 aromatic carbocycles. The first-order chi connectivity index (χ1) is 16.0. The van der Waals surface area contributed by atoms with Crippen LogP contribution in [-0.4, -0.2) is 76.1 Å². The van der Waals surface area contributed by atoms with E-state index in [9.17, 15) is 4.79 Å². The molecule has 0 aliphatic carbocycles. The predicted molar refractivity (Wildman–Crippen MR) is 128 cm³/mol. The lowest BCUT2D eigenvalue weighted by Gasteiger charge is -2.37. The van der Waals surface area contributed by atoms with Gasteiger partial charge >= 0.3 is 0 Å². The smallest absolute Gasteiger partial charge is 0.224 e. The van der Waals surface area contributed by atoms with Crippen molar-refractivity contribution in [2.75, 3.05) is 39.8 Å². The SMILES string of the molecule is Cc1ccc(OC[C@H]2C[C@@H](C(=O)NCC[C@@H]3CCCN3C)CN(Cc3nccn3C)C2)cn1. The summed E-state index contributed by atoms with van der Waals surface area (Å²) in [7, 11) is 4.20. The highest BCUT2D eigenvalue weighted by molar-refractivity contribution is 5.79. The fourth-order valence-electron chi connectivity index (χ4n) is 5.10. The highest BCUT2D eigenvalue weighted by Gasteiger charge is 2.32. The van der Waals surface area contributed by atoms with E-state index in [1.807, 2.05) is 43.1 Å².